The standard InChI is InChI=1S/C28H30N6O2/c1-2-19-16-31-28(32-17-19)33-13-10-23(11-14-33)36-24-6-8-26(30-18-24)34(22-4-5-22)27(35)21-3-7-25-20(15-21)9-12-29-25/h3,6-9,12,15-18,22-23,29H,2,4-5,10-11,13-14H2,1H3. The van der Waals surface area contributed by atoms with Crippen LogP contribution in [0.15, 0.2) is 61.2 Å². The fraction of sp³-hybridized carbons (Fsp3) is 0.357. The number of piperidine rings is 1. The summed E-state index contributed by atoms with van der Waals surface area (Å²) in [6.07, 6.45) is 12.3. The van der Waals surface area contributed by atoms with E-state index in [1.54, 1.807) is 6.20 Å². The summed E-state index contributed by atoms with van der Waals surface area (Å²) in [5.74, 6) is 2.18. The van der Waals surface area contributed by atoms with E-state index in [0.717, 1.165) is 73.4 Å². The molecule has 0 radical (unpaired) electrons. The van der Waals surface area contributed by atoms with Gasteiger partial charge in [0.15, 0.2) is 0 Å². The Bertz CT molecular complexity index is 1340. The number of ether oxygens (including phenoxy) is 1. The number of fused-ring (bicyclic) bond motifs is 1. The average Bonchev–Trinajstić information content (AvgIpc) is 3.65. The molecular formula is C28H30N6O2. The number of hydrogen-bond donors (Lipinski definition) is 1. The number of rotatable bonds is 7. The molecule has 1 saturated heterocycles. The molecule has 3 aromatic heterocycles. The molecule has 4 aromatic rings. The Hall–Kier alpha value is -3.94. The zero-order valence-corrected chi connectivity index (χ0v) is 20.4. The van der Waals surface area contributed by atoms with Gasteiger partial charge in [0.2, 0.25) is 5.95 Å². The second-order valence-corrected chi connectivity index (χ2v) is 9.59. The predicted molar refractivity (Wildman–Crippen MR) is 140 cm³/mol. The van der Waals surface area contributed by atoms with Crippen molar-refractivity contribution in [1.82, 2.24) is 19.9 Å². The first-order chi connectivity index (χ1) is 17.7. The van der Waals surface area contributed by atoms with Crippen LogP contribution in [0.4, 0.5) is 11.8 Å². The molecule has 1 N–H and O–H groups in total. The van der Waals surface area contributed by atoms with Crippen LogP contribution >= 0.6 is 0 Å². The summed E-state index contributed by atoms with van der Waals surface area (Å²) in [6, 6.07) is 11.8. The van der Waals surface area contributed by atoms with Crippen LogP contribution in [0.2, 0.25) is 0 Å². The number of nitrogens with one attached hydrogen (secondary N) is 1. The van der Waals surface area contributed by atoms with E-state index in [4.69, 9.17) is 4.74 Å². The minimum atomic E-state index is -0.0108. The number of nitrogens with zero attached hydrogens (tertiary/aromatic N) is 5. The van der Waals surface area contributed by atoms with Gasteiger partial charge in [0, 0.05) is 67.0 Å². The maximum Gasteiger partial charge on any atom is 0.259 e. The Kier molecular flexibility index (Phi) is 6.01. The summed E-state index contributed by atoms with van der Waals surface area (Å²) in [5.41, 5.74) is 2.85. The quantitative estimate of drug-likeness (QED) is 0.408. The average molecular weight is 483 g/mol. The number of carbonyl (C=O) groups excluding carboxylic acids is 1. The van der Waals surface area contributed by atoms with E-state index in [0.29, 0.717) is 11.4 Å². The van der Waals surface area contributed by atoms with Gasteiger partial charge >= 0.3 is 0 Å². The molecule has 8 heteroatoms. The van der Waals surface area contributed by atoms with Crippen LogP contribution in [0, 0.1) is 0 Å². The molecule has 0 unspecified atom stereocenters. The first-order valence-corrected chi connectivity index (χ1v) is 12.8. The highest BCUT2D eigenvalue weighted by atomic mass is 16.5. The van der Waals surface area contributed by atoms with E-state index in [-0.39, 0.29) is 18.1 Å². The summed E-state index contributed by atoms with van der Waals surface area (Å²) in [5, 5.41) is 1.03. The number of aromatic amines is 1. The molecule has 1 aliphatic carbocycles. The number of H-pyrrole nitrogens is 1. The molecule has 1 amide bonds. The van der Waals surface area contributed by atoms with Crippen LogP contribution < -0.4 is 14.5 Å². The highest BCUT2D eigenvalue weighted by molar-refractivity contribution is 6.08. The van der Waals surface area contributed by atoms with Crippen molar-refractivity contribution in [3.63, 3.8) is 0 Å². The van der Waals surface area contributed by atoms with E-state index < -0.39 is 0 Å². The van der Waals surface area contributed by atoms with Crippen molar-refractivity contribution >= 4 is 28.6 Å². The highest BCUT2D eigenvalue weighted by Gasteiger charge is 2.35. The van der Waals surface area contributed by atoms with E-state index in [1.165, 1.54) is 0 Å². The number of aromatic nitrogens is 4. The van der Waals surface area contributed by atoms with Gasteiger partial charge in [-0.15, -0.1) is 0 Å². The Morgan fingerprint density at radius 2 is 1.83 bits per heavy atom. The van der Waals surface area contributed by atoms with Crippen LogP contribution in [0.5, 0.6) is 5.75 Å². The van der Waals surface area contributed by atoms with Gasteiger partial charge in [-0.2, -0.15) is 0 Å². The van der Waals surface area contributed by atoms with Crippen LogP contribution in [0.3, 0.4) is 0 Å². The van der Waals surface area contributed by atoms with E-state index in [2.05, 4.69) is 31.8 Å². The van der Waals surface area contributed by atoms with Crippen molar-refractivity contribution in [3.8, 4) is 5.75 Å². The van der Waals surface area contributed by atoms with Gasteiger partial charge in [-0.05, 0) is 61.2 Å². The Labute approximate surface area is 210 Å². The fourth-order valence-electron chi connectivity index (χ4n) is 4.76. The van der Waals surface area contributed by atoms with Crippen molar-refractivity contribution in [2.75, 3.05) is 22.9 Å². The van der Waals surface area contributed by atoms with Crippen LogP contribution in [0.25, 0.3) is 10.9 Å². The minimum absolute atomic E-state index is 0.0108. The molecule has 1 aromatic carbocycles. The van der Waals surface area contributed by atoms with Crippen LogP contribution in [0.1, 0.15) is 48.5 Å². The zero-order valence-electron chi connectivity index (χ0n) is 20.4. The third kappa shape index (κ3) is 4.63. The number of benzene rings is 1. The fourth-order valence-corrected chi connectivity index (χ4v) is 4.76. The molecule has 8 nitrogen and oxygen atoms in total. The molecule has 4 heterocycles. The second kappa shape index (κ2) is 9.60. The van der Waals surface area contributed by atoms with Crippen molar-refractivity contribution in [2.24, 2.45) is 0 Å². The molecule has 184 valence electrons. The maximum absolute atomic E-state index is 13.4. The smallest absolute Gasteiger partial charge is 0.259 e. The summed E-state index contributed by atoms with van der Waals surface area (Å²) >= 11 is 0. The molecule has 0 atom stereocenters. The molecular weight excluding hydrogens is 452 g/mol. The van der Waals surface area contributed by atoms with Crippen molar-refractivity contribution in [3.05, 3.63) is 72.3 Å². The molecule has 6 rings (SSSR count). The molecule has 1 aliphatic heterocycles. The third-order valence-electron chi connectivity index (χ3n) is 7.03. The number of anilines is 2. The lowest BCUT2D eigenvalue weighted by Crippen LogP contribution is -2.39. The summed E-state index contributed by atoms with van der Waals surface area (Å²) < 4.78 is 6.23. The molecule has 0 bridgehead atoms. The topological polar surface area (TPSA) is 87.2 Å². The lowest BCUT2D eigenvalue weighted by molar-refractivity contribution is 0.0984. The van der Waals surface area contributed by atoms with Gasteiger partial charge in [-0.25, -0.2) is 15.0 Å². The monoisotopic (exact) mass is 482 g/mol. The molecule has 36 heavy (non-hydrogen) atoms. The van der Waals surface area contributed by atoms with Crippen molar-refractivity contribution in [2.45, 2.75) is 51.2 Å². The number of amides is 1. The maximum atomic E-state index is 13.4. The Balaban J connectivity index is 1.09. The van der Waals surface area contributed by atoms with Gasteiger partial charge in [0.1, 0.15) is 17.7 Å². The third-order valence-corrected chi connectivity index (χ3v) is 7.03. The Morgan fingerprint density at radius 3 is 2.53 bits per heavy atom. The van der Waals surface area contributed by atoms with Gasteiger partial charge in [-0.3, -0.25) is 9.69 Å². The van der Waals surface area contributed by atoms with Gasteiger partial charge in [0.05, 0.1) is 6.20 Å². The van der Waals surface area contributed by atoms with Crippen molar-refractivity contribution < 1.29 is 9.53 Å². The normalized spacial score (nSPS) is 16.3. The second-order valence-electron chi connectivity index (χ2n) is 9.59. The predicted octanol–water partition coefficient (Wildman–Crippen LogP) is 4.77. The van der Waals surface area contributed by atoms with Gasteiger partial charge in [0.25, 0.3) is 5.91 Å². The van der Waals surface area contributed by atoms with E-state index in [1.807, 2.05) is 59.9 Å². The van der Waals surface area contributed by atoms with E-state index >= 15 is 0 Å². The number of carbonyl (C=O) groups is 1. The number of aryl methyl sites for hydroxylation is 1. The SMILES string of the molecule is CCc1cnc(N2CCC(Oc3ccc(N(C(=O)c4ccc5[nH]ccc5c4)C4CC4)nc3)CC2)nc1. The summed E-state index contributed by atoms with van der Waals surface area (Å²) in [6.45, 7) is 3.82. The Morgan fingerprint density at radius 1 is 1.03 bits per heavy atom. The number of hydrogen-bond acceptors (Lipinski definition) is 6. The van der Waals surface area contributed by atoms with Gasteiger partial charge < -0.3 is 14.6 Å². The molecule has 2 fully saturated rings. The first kappa shape index (κ1) is 22.5. The van der Waals surface area contributed by atoms with Crippen LogP contribution in [-0.2, 0) is 6.42 Å². The number of pyridine rings is 1. The van der Waals surface area contributed by atoms with Gasteiger partial charge in [-0.1, -0.05) is 6.92 Å². The van der Waals surface area contributed by atoms with Crippen molar-refractivity contribution in [1.29, 1.82) is 0 Å². The molecule has 2 aliphatic rings. The van der Waals surface area contributed by atoms with E-state index in [9.17, 15) is 4.79 Å². The lowest BCUT2D eigenvalue weighted by atomic mass is 10.1. The largest absolute Gasteiger partial charge is 0.489 e. The molecule has 0 spiro atoms. The first-order valence-electron chi connectivity index (χ1n) is 12.8. The molecule has 1 saturated carbocycles. The minimum Gasteiger partial charge on any atom is -0.489 e. The zero-order chi connectivity index (χ0) is 24.5. The van der Waals surface area contributed by atoms with Crippen LogP contribution in [-0.4, -0.2) is 51.1 Å². The summed E-state index contributed by atoms with van der Waals surface area (Å²) in [4.78, 5) is 34.3. The lowest BCUT2D eigenvalue weighted by Gasteiger charge is -2.32. The highest BCUT2D eigenvalue weighted by Crippen LogP contribution is 2.33. The summed E-state index contributed by atoms with van der Waals surface area (Å²) in [7, 11) is 0.